The molecule has 0 fully saturated rings. The summed E-state index contributed by atoms with van der Waals surface area (Å²) in [5, 5.41) is 1.71. The lowest BCUT2D eigenvalue weighted by Gasteiger charge is -2.21. The molecule has 0 rings (SSSR count). The van der Waals surface area contributed by atoms with Gasteiger partial charge < -0.3 is 11.1 Å². The first-order chi connectivity index (χ1) is 5.23. The van der Waals surface area contributed by atoms with E-state index in [4.69, 9.17) is 16.2 Å². The van der Waals surface area contributed by atoms with Gasteiger partial charge in [-0.15, -0.1) is 0 Å². The van der Waals surface area contributed by atoms with Crippen LogP contribution in [0.2, 0.25) is 0 Å². The molecular formula is C4H9ClN2O4S. The Labute approximate surface area is 74.8 Å². The van der Waals surface area contributed by atoms with Crippen LogP contribution < -0.4 is 11.1 Å². The molecule has 0 aromatic carbocycles. The molecule has 0 spiro atoms. The number of carbonyl (C=O) groups excluding carboxylic acids is 1. The highest BCUT2D eigenvalue weighted by molar-refractivity contribution is 7.88. The molecule has 1 atom stereocenters. The van der Waals surface area contributed by atoms with Gasteiger partial charge in [-0.1, -0.05) is 18.5 Å². The van der Waals surface area contributed by atoms with Crippen LogP contribution in [0.5, 0.6) is 0 Å². The molecule has 1 unspecified atom stereocenters. The number of hydrogen-bond acceptors (Lipinski definition) is 3. The zero-order valence-electron chi connectivity index (χ0n) is 6.24. The van der Waals surface area contributed by atoms with E-state index in [1.807, 2.05) is 0 Å². The minimum Gasteiger partial charge on any atom is -0.352 e. The van der Waals surface area contributed by atoms with E-state index in [9.17, 15) is 13.2 Å². The minimum atomic E-state index is -4.56. The van der Waals surface area contributed by atoms with Crippen molar-refractivity contribution in [2.24, 2.45) is 5.73 Å². The monoisotopic (exact) mass is 216 g/mol. The average molecular weight is 217 g/mol. The summed E-state index contributed by atoms with van der Waals surface area (Å²) in [6.07, 6.45) is -0.198. The van der Waals surface area contributed by atoms with Crippen molar-refractivity contribution in [1.82, 2.24) is 5.32 Å². The zero-order valence-corrected chi connectivity index (χ0v) is 7.82. The van der Waals surface area contributed by atoms with Crippen LogP contribution >= 0.6 is 11.6 Å². The van der Waals surface area contributed by atoms with Crippen molar-refractivity contribution in [3.63, 3.8) is 0 Å². The number of rotatable bonds is 3. The number of primary amides is 1. The summed E-state index contributed by atoms with van der Waals surface area (Å²) >= 11 is 5.34. The Morgan fingerprint density at radius 1 is 1.75 bits per heavy atom. The van der Waals surface area contributed by atoms with E-state index in [1.165, 1.54) is 6.92 Å². The maximum Gasteiger partial charge on any atom is 0.314 e. The van der Waals surface area contributed by atoms with Crippen LogP contribution in [-0.4, -0.2) is 23.3 Å². The molecule has 0 aromatic rings. The fraction of sp³-hybridized carbons (Fsp3) is 0.750. The smallest absolute Gasteiger partial charge is 0.314 e. The number of carbonyl (C=O) groups is 1. The fourth-order valence-electron chi connectivity index (χ4n) is 0.519. The Hall–Kier alpha value is -0.530. The second kappa shape index (κ2) is 3.46. The van der Waals surface area contributed by atoms with Crippen molar-refractivity contribution in [3.05, 3.63) is 0 Å². The van der Waals surface area contributed by atoms with E-state index < -0.39 is 20.5 Å². The number of nitrogens with two attached hydrogens (primary N) is 1. The van der Waals surface area contributed by atoms with Gasteiger partial charge in [0.2, 0.25) is 4.33 Å². The van der Waals surface area contributed by atoms with Gasteiger partial charge in [-0.05, 0) is 6.42 Å². The van der Waals surface area contributed by atoms with Crippen molar-refractivity contribution in [2.45, 2.75) is 17.7 Å². The molecule has 0 aliphatic rings. The van der Waals surface area contributed by atoms with Gasteiger partial charge in [-0.2, -0.15) is 8.42 Å². The third-order valence-electron chi connectivity index (χ3n) is 1.17. The average Bonchev–Trinajstić information content (AvgIpc) is 1.83. The number of urea groups is 1. The van der Waals surface area contributed by atoms with E-state index in [-0.39, 0.29) is 6.42 Å². The highest BCUT2D eigenvalue weighted by atomic mass is 35.5. The predicted octanol–water partition coefficient (Wildman–Crippen LogP) is -0.155. The first kappa shape index (κ1) is 11.5. The maximum atomic E-state index is 10.6. The molecule has 0 aliphatic heterocycles. The molecule has 72 valence electrons. The molecule has 8 heteroatoms. The van der Waals surface area contributed by atoms with Crippen LogP contribution in [0.1, 0.15) is 13.3 Å². The third kappa shape index (κ3) is 2.50. The van der Waals surface area contributed by atoms with Crippen LogP contribution in [0.25, 0.3) is 0 Å². The minimum absolute atomic E-state index is 0.198. The van der Waals surface area contributed by atoms with Gasteiger partial charge in [0.15, 0.2) is 0 Å². The molecule has 2 amide bonds. The van der Waals surface area contributed by atoms with Crippen LogP contribution in [0.3, 0.4) is 0 Å². The lowest BCUT2D eigenvalue weighted by atomic mass is 10.5. The summed E-state index contributed by atoms with van der Waals surface area (Å²) in [7, 11) is -4.56. The summed E-state index contributed by atoms with van der Waals surface area (Å²) in [4.78, 5) is 10.3. The second-order valence-corrected chi connectivity index (χ2v) is 4.56. The lowest BCUT2D eigenvalue weighted by Crippen LogP contribution is -2.51. The summed E-state index contributed by atoms with van der Waals surface area (Å²) < 4.78 is 27.5. The number of nitrogens with one attached hydrogen (secondary N) is 1. The molecule has 0 saturated carbocycles. The van der Waals surface area contributed by atoms with Crippen LogP contribution in [0.15, 0.2) is 0 Å². The first-order valence-corrected chi connectivity index (χ1v) is 4.78. The highest BCUT2D eigenvalue weighted by Gasteiger charge is 2.40. The number of alkyl halides is 1. The molecule has 0 aromatic heterocycles. The van der Waals surface area contributed by atoms with Gasteiger partial charge in [0, 0.05) is 0 Å². The van der Waals surface area contributed by atoms with Crippen molar-refractivity contribution in [3.8, 4) is 0 Å². The Morgan fingerprint density at radius 3 is 2.25 bits per heavy atom. The third-order valence-corrected chi connectivity index (χ3v) is 3.33. The van der Waals surface area contributed by atoms with Gasteiger partial charge in [0.1, 0.15) is 0 Å². The van der Waals surface area contributed by atoms with Crippen molar-refractivity contribution in [1.29, 1.82) is 0 Å². The van der Waals surface area contributed by atoms with E-state index in [1.54, 1.807) is 5.32 Å². The highest BCUT2D eigenvalue weighted by Crippen LogP contribution is 2.21. The van der Waals surface area contributed by atoms with Gasteiger partial charge in [-0.25, -0.2) is 4.79 Å². The van der Waals surface area contributed by atoms with Crippen LogP contribution in [-0.2, 0) is 10.1 Å². The number of amides is 2. The molecule has 0 radical (unpaired) electrons. The summed E-state index contributed by atoms with van der Waals surface area (Å²) in [6, 6.07) is -1.12. The first-order valence-electron chi connectivity index (χ1n) is 2.96. The van der Waals surface area contributed by atoms with Gasteiger partial charge in [0.25, 0.3) is 0 Å². The van der Waals surface area contributed by atoms with E-state index in [0.29, 0.717) is 0 Å². The van der Waals surface area contributed by atoms with Crippen molar-refractivity contribution < 1.29 is 17.8 Å². The molecule has 0 aliphatic carbocycles. The summed E-state index contributed by atoms with van der Waals surface area (Å²) in [5.74, 6) is 0. The zero-order chi connectivity index (χ0) is 9.99. The molecule has 12 heavy (non-hydrogen) atoms. The molecule has 4 N–H and O–H groups in total. The van der Waals surface area contributed by atoms with Gasteiger partial charge in [-0.3, -0.25) is 4.55 Å². The normalized spacial score (nSPS) is 16.6. The molecule has 6 nitrogen and oxygen atoms in total. The SMILES string of the molecule is CCC(Cl)(NC(N)=O)S(=O)(=O)O. The van der Waals surface area contributed by atoms with E-state index in [0.717, 1.165) is 0 Å². The van der Waals surface area contributed by atoms with Crippen molar-refractivity contribution >= 4 is 27.8 Å². The van der Waals surface area contributed by atoms with Gasteiger partial charge >= 0.3 is 16.1 Å². The number of halogens is 1. The molecule has 0 bridgehead atoms. The van der Waals surface area contributed by atoms with Crippen molar-refractivity contribution in [2.75, 3.05) is 0 Å². The lowest BCUT2D eigenvalue weighted by molar-refractivity contribution is 0.245. The summed E-state index contributed by atoms with van der Waals surface area (Å²) in [6.45, 7) is 1.37. The standard InChI is InChI=1S/C4H9ClN2O4S/c1-2-4(5,7-3(6)8)12(9,10)11/h2H2,1H3,(H3,6,7,8)(H,9,10,11). The molecule has 0 saturated heterocycles. The van der Waals surface area contributed by atoms with Crippen LogP contribution in [0, 0.1) is 0 Å². The number of hydrogen-bond donors (Lipinski definition) is 3. The Morgan fingerprint density at radius 2 is 2.17 bits per heavy atom. The maximum absolute atomic E-state index is 10.6. The Kier molecular flexibility index (Phi) is 3.31. The largest absolute Gasteiger partial charge is 0.352 e. The topological polar surface area (TPSA) is 109 Å². The quantitative estimate of drug-likeness (QED) is 0.346. The Balaban J connectivity index is 4.82. The fourth-order valence-corrected chi connectivity index (χ4v) is 1.21. The second-order valence-electron chi connectivity index (χ2n) is 2.05. The molecular weight excluding hydrogens is 208 g/mol. The van der Waals surface area contributed by atoms with Crippen LogP contribution in [0.4, 0.5) is 4.79 Å². The van der Waals surface area contributed by atoms with E-state index in [2.05, 4.69) is 5.73 Å². The summed E-state index contributed by atoms with van der Waals surface area (Å²) in [5.41, 5.74) is 4.64. The van der Waals surface area contributed by atoms with Gasteiger partial charge in [0.05, 0.1) is 0 Å². The predicted molar refractivity (Wildman–Crippen MR) is 43.1 cm³/mol. The Bertz CT molecular complexity index is 277. The van der Waals surface area contributed by atoms with E-state index >= 15 is 0 Å². The molecule has 0 heterocycles.